The lowest BCUT2D eigenvalue weighted by atomic mass is 9.89. The summed E-state index contributed by atoms with van der Waals surface area (Å²) in [7, 11) is 3.43. The molecule has 2 amide bonds. The van der Waals surface area contributed by atoms with Gasteiger partial charge in [-0.25, -0.2) is 0 Å². The first-order valence-electron chi connectivity index (χ1n) is 8.12. The van der Waals surface area contributed by atoms with Crippen LogP contribution in [0.5, 0.6) is 0 Å². The number of amides is 2. The van der Waals surface area contributed by atoms with E-state index in [0.717, 1.165) is 5.56 Å². The monoisotopic (exact) mass is 332 g/mol. The van der Waals surface area contributed by atoms with Crippen molar-refractivity contribution in [3.8, 4) is 0 Å². The molecule has 0 saturated carbocycles. The van der Waals surface area contributed by atoms with Crippen molar-refractivity contribution in [3.63, 3.8) is 0 Å². The van der Waals surface area contributed by atoms with Crippen LogP contribution in [0.3, 0.4) is 0 Å². The molecule has 4 nitrogen and oxygen atoms in total. The Kier molecular flexibility index (Phi) is 4.80. The van der Waals surface area contributed by atoms with E-state index in [9.17, 15) is 9.59 Å². The Bertz CT molecular complexity index is 823. The van der Waals surface area contributed by atoms with Crippen LogP contribution in [0.1, 0.15) is 21.8 Å². The van der Waals surface area contributed by atoms with Crippen LogP contribution in [0.2, 0.25) is 0 Å². The van der Waals surface area contributed by atoms with Crippen LogP contribution in [0.25, 0.3) is 0 Å². The van der Waals surface area contributed by atoms with Gasteiger partial charge in [0.2, 0.25) is 0 Å². The van der Waals surface area contributed by atoms with Crippen molar-refractivity contribution in [2.24, 2.45) is 0 Å². The third-order valence-corrected chi connectivity index (χ3v) is 4.12. The lowest BCUT2D eigenvalue weighted by Crippen LogP contribution is -2.31. The fourth-order valence-corrected chi connectivity index (χ4v) is 2.81. The zero-order chi connectivity index (χ0) is 17.8. The second-order valence-corrected chi connectivity index (χ2v) is 6.09. The minimum absolute atomic E-state index is 0.107. The van der Waals surface area contributed by atoms with Gasteiger partial charge in [-0.2, -0.15) is 0 Å². The molecule has 2 aromatic rings. The zero-order valence-electron chi connectivity index (χ0n) is 14.3. The Morgan fingerprint density at radius 1 is 0.920 bits per heavy atom. The normalized spacial score (nSPS) is 16.3. The van der Waals surface area contributed by atoms with Crippen molar-refractivity contribution in [3.05, 3.63) is 95.8 Å². The third-order valence-electron chi connectivity index (χ3n) is 4.12. The maximum atomic E-state index is 12.7. The molecule has 0 fully saturated rings. The van der Waals surface area contributed by atoms with Gasteiger partial charge >= 0.3 is 0 Å². The lowest BCUT2D eigenvalue weighted by molar-refractivity contribution is -0.125. The van der Waals surface area contributed by atoms with Gasteiger partial charge in [-0.1, -0.05) is 54.6 Å². The number of carbonyl (C=O) groups is 2. The number of likely N-dealkylation sites (N-methyl/N-ethyl adjacent to an activating group) is 1. The number of nitrogens with zero attached hydrogens (tertiary/aromatic N) is 2. The molecule has 0 spiro atoms. The Morgan fingerprint density at radius 2 is 1.52 bits per heavy atom. The molecule has 1 heterocycles. The molecule has 0 N–H and O–H groups in total. The highest BCUT2D eigenvalue weighted by molar-refractivity contribution is 5.99. The van der Waals surface area contributed by atoms with Crippen molar-refractivity contribution >= 4 is 11.8 Å². The highest BCUT2D eigenvalue weighted by atomic mass is 16.2. The smallest absolute Gasteiger partial charge is 0.261 e. The van der Waals surface area contributed by atoms with Crippen LogP contribution >= 0.6 is 0 Å². The summed E-state index contributed by atoms with van der Waals surface area (Å²) in [5.41, 5.74) is 2.17. The molecular weight excluding hydrogens is 312 g/mol. The SMILES string of the molecule is CN(C)C(=O)C1=CN(C(=O)c2ccccc2)C=C[C@H]1c1ccccc1. The first-order chi connectivity index (χ1) is 12.1. The van der Waals surface area contributed by atoms with E-state index in [0.29, 0.717) is 11.1 Å². The Labute approximate surface area is 147 Å². The molecule has 0 bridgehead atoms. The topological polar surface area (TPSA) is 40.6 Å². The summed E-state index contributed by atoms with van der Waals surface area (Å²) in [6, 6.07) is 18.9. The van der Waals surface area contributed by atoms with Gasteiger partial charge in [0.05, 0.1) is 0 Å². The van der Waals surface area contributed by atoms with E-state index < -0.39 is 0 Å². The van der Waals surface area contributed by atoms with Crippen LogP contribution < -0.4 is 0 Å². The molecule has 0 radical (unpaired) electrons. The number of hydrogen-bond acceptors (Lipinski definition) is 2. The molecule has 0 aliphatic carbocycles. The molecule has 0 unspecified atom stereocenters. The maximum absolute atomic E-state index is 12.7. The molecular formula is C21H20N2O2. The van der Waals surface area contributed by atoms with E-state index in [1.165, 1.54) is 9.80 Å². The van der Waals surface area contributed by atoms with E-state index in [4.69, 9.17) is 0 Å². The zero-order valence-corrected chi connectivity index (χ0v) is 14.3. The van der Waals surface area contributed by atoms with Crippen LogP contribution in [0, 0.1) is 0 Å². The summed E-state index contributed by atoms with van der Waals surface area (Å²) in [6.45, 7) is 0. The number of carbonyl (C=O) groups excluding carboxylic acids is 2. The van der Waals surface area contributed by atoms with E-state index in [1.54, 1.807) is 38.6 Å². The second-order valence-electron chi connectivity index (χ2n) is 6.09. The average Bonchev–Trinajstić information content (AvgIpc) is 2.67. The fourth-order valence-electron chi connectivity index (χ4n) is 2.81. The standard InChI is InChI=1S/C21H20N2O2/c1-22(2)21(25)19-15-23(20(24)17-11-7-4-8-12-17)14-13-18(19)16-9-5-3-6-10-16/h3-15,18H,1-2H3/t18-/m0/s1. The third kappa shape index (κ3) is 3.53. The van der Waals surface area contributed by atoms with Gasteiger partial charge in [0.15, 0.2) is 0 Å². The van der Waals surface area contributed by atoms with E-state index in [2.05, 4.69) is 0 Å². The molecule has 0 saturated heterocycles. The minimum Gasteiger partial charge on any atom is -0.345 e. The maximum Gasteiger partial charge on any atom is 0.261 e. The highest BCUT2D eigenvalue weighted by Crippen LogP contribution is 2.31. The average molecular weight is 332 g/mol. The molecule has 1 aliphatic heterocycles. The van der Waals surface area contributed by atoms with E-state index >= 15 is 0 Å². The van der Waals surface area contributed by atoms with Gasteiger partial charge in [-0.15, -0.1) is 0 Å². The van der Waals surface area contributed by atoms with Crippen molar-refractivity contribution in [1.82, 2.24) is 9.80 Å². The Morgan fingerprint density at radius 3 is 2.12 bits per heavy atom. The molecule has 0 aromatic heterocycles. The largest absolute Gasteiger partial charge is 0.345 e. The summed E-state index contributed by atoms with van der Waals surface area (Å²) >= 11 is 0. The van der Waals surface area contributed by atoms with Crippen molar-refractivity contribution in [2.75, 3.05) is 14.1 Å². The summed E-state index contributed by atoms with van der Waals surface area (Å²) in [6.07, 6.45) is 5.28. The molecule has 1 atom stereocenters. The highest BCUT2D eigenvalue weighted by Gasteiger charge is 2.27. The Balaban J connectivity index is 1.97. The minimum atomic E-state index is -0.170. The predicted octanol–water partition coefficient (Wildman–Crippen LogP) is 3.41. The second kappa shape index (κ2) is 7.18. The first kappa shape index (κ1) is 16.7. The first-order valence-corrected chi connectivity index (χ1v) is 8.12. The number of hydrogen-bond donors (Lipinski definition) is 0. The van der Waals surface area contributed by atoms with Gasteiger partial charge in [0.1, 0.15) is 0 Å². The summed E-state index contributed by atoms with van der Waals surface area (Å²) in [4.78, 5) is 28.4. The quantitative estimate of drug-likeness (QED) is 0.864. The molecule has 4 heteroatoms. The van der Waals surface area contributed by atoms with E-state index in [-0.39, 0.29) is 17.7 Å². The summed E-state index contributed by atoms with van der Waals surface area (Å²) in [5, 5.41) is 0. The number of benzene rings is 2. The van der Waals surface area contributed by atoms with Crippen molar-refractivity contribution < 1.29 is 9.59 Å². The molecule has 1 aliphatic rings. The molecule has 126 valence electrons. The van der Waals surface area contributed by atoms with Gasteiger partial charge in [-0.3, -0.25) is 14.5 Å². The van der Waals surface area contributed by atoms with E-state index in [1.807, 2.05) is 54.6 Å². The van der Waals surface area contributed by atoms with Gasteiger partial charge in [0, 0.05) is 43.5 Å². The summed E-state index contributed by atoms with van der Waals surface area (Å²) in [5.74, 6) is -0.438. The number of allylic oxidation sites excluding steroid dienone is 1. The molecule has 25 heavy (non-hydrogen) atoms. The summed E-state index contributed by atoms with van der Waals surface area (Å²) < 4.78 is 0. The fraction of sp³-hybridized carbons (Fsp3) is 0.143. The van der Waals surface area contributed by atoms with Crippen LogP contribution in [-0.4, -0.2) is 35.7 Å². The lowest BCUT2D eigenvalue weighted by Gasteiger charge is -2.27. The Hall–Kier alpha value is -3.14. The molecule has 2 aromatic carbocycles. The van der Waals surface area contributed by atoms with Gasteiger partial charge in [0.25, 0.3) is 11.8 Å². The van der Waals surface area contributed by atoms with Crippen LogP contribution in [0.4, 0.5) is 0 Å². The predicted molar refractivity (Wildman–Crippen MR) is 97.7 cm³/mol. The molecule has 3 rings (SSSR count). The van der Waals surface area contributed by atoms with Crippen molar-refractivity contribution in [2.45, 2.75) is 5.92 Å². The van der Waals surface area contributed by atoms with Crippen molar-refractivity contribution in [1.29, 1.82) is 0 Å². The van der Waals surface area contributed by atoms with Crippen LogP contribution in [-0.2, 0) is 4.79 Å². The van der Waals surface area contributed by atoms with Crippen LogP contribution in [0.15, 0.2) is 84.7 Å². The van der Waals surface area contributed by atoms with Gasteiger partial charge in [-0.05, 0) is 17.7 Å². The van der Waals surface area contributed by atoms with Gasteiger partial charge < -0.3 is 4.90 Å². The number of rotatable bonds is 3.